The molecular formula is C19H13Cl2F4N3O3. The van der Waals surface area contributed by atoms with E-state index in [9.17, 15) is 31.9 Å². The monoisotopic (exact) mass is 477 g/mol. The second kappa shape index (κ2) is 8.35. The average molecular weight is 478 g/mol. The third-order valence-corrected chi connectivity index (χ3v) is 5.16. The molecule has 0 unspecified atom stereocenters. The number of halogens is 6. The lowest BCUT2D eigenvalue weighted by atomic mass is 10.1. The van der Waals surface area contributed by atoms with Crippen LogP contribution in [0.5, 0.6) is 0 Å². The molecule has 1 atom stereocenters. The Hall–Kier alpha value is -2.85. The number of amides is 3. The Labute approximate surface area is 182 Å². The molecule has 1 fully saturated rings. The van der Waals surface area contributed by atoms with E-state index in [2.05, 4.69) is 10.6 Å². The van der Waals surface area contributed by atoms with Gasteiger partial charge in [-0.2, -0.15) is 0 Å². The molecule has 3 N–H and O–H groups in total. The minimum atomic E-state index is -1.61. The number of benzene rings is 2. The number of alkyl halides is 2. The van der Waals surface area contributed by atoms with E-state index in [1.54, 1.807) is 5.32 Å². The summed E-state index contributed by atoms with van der Waals surface area (Å²) in [5, 5.41) is 6.15. The van der Waals surface area contributed by atoms with Gasteiger partial charge in [0.05, 0.1) is 17.2 Å². The zero-order valence-corrected chi connectivity index (χ0v) is 17.1. The van der Waals surface area contributed by atoms with Gasteiger partial charge in [-0.15, -0.1) is 23.2 Å². The Morgan fingerprint density at radius 3 is 2.19 bits per heavy atom. The molecule has 12 heteroatoms. The summed E-state index contributed by atoms with van der Waals surface area (Å²) in [6.07, 6.45) is 0.155. The van der Waals surface area contributed by atoms with Crippen molar-refractivity contribution in [2.75, 3.05) is 16.0 Å². The van der Waals surface area contributed by atoms with Crippen LogP contribution in [-0.4, -0.2) is 22.1 Å². The molecule has 2 aromatic carbocycles. The second-order valence-corrected chi connectivity index (χ2v) is 8.29. The molecule has 1 saturated carbocycles. The predicted molar refractivity (Wildman–Crippen MR) is 106 cm³/mol. The first-order valence-corrected chi connectivity index (χ1v) is 9.41. The summed E-state index contributed by atoms with van der Waals surface area (Å²) in [5.74, 6) is -9.17. The van der Waals surface area contributed by atoms with Crippen LogP contribution in [0.3, 0.4) is 0 Å². The Balaban J connectivity index is 1.87. The smallest absolute Gasteiger partial charge is 0.258 e. The molecule has 1 aliphatic rings. The number of anilines is 3. The van der Waals surface area contributed by atoms with Crippen LogP contribution in [-0.2, 0) is 9.59 Å². The number of carbonyl (C=O) groups excluding carboxylic acids is 3. The molecule has 6 nitrogen and oxygen atoms in total. The van der Waals surface area contributed by atoms with Gasteiger partial charge < -0.3 is 16.0 Å². The van der Waals surface area contributed by atoms with E-state index in [0.29, 0.717) is 6.07 Å². The zero-order chi connectivity index (χ0) is 23.1. The first kappa shape index (κ1) is 22.8. The highest BCUT2D eigenvalue weighted by Crippen LogP contribution is 2.53. The van der Waals surface area contributed by atoms with Crippen molar-refractivity contribution in [1.82, 2.24) is 0 Å². The second-order valence-electron chi connectivity index (χ2n) is 6.75. The normalized spacial score (nSPS) is 16.4. The molecule has 164 valence electrons. The van der Waals surface area contributed by atoms with Gasteiger partial charge >= 0.3 is 0 Å². The third-order valence-electron chi connectivity index (χ3n) is 4.32. The Morgan fingerprint density at radius 2 is 1.61 bits per heavy atom. The molecule has 1 aliphatic carbocycles. The van der Waals surface area contributed by atoms with Crippen LogP contribution in [0.4, 0.5) is 34.6 Å². The summed E-state index contributed by atoms with van der Waals surface area (Å²) in [5.41, 5.74) is -2.65. The van der Waals surface area contributed by atoms with E-state index in [0.717, 1.165) is 25.1 Å². The molecule has 31 heavy (non-hydrogen) atoms. The molecule has 0 heterocycles. The highest BCUT2D eigenvalue weighted by molar-refractivity contribution is 6.52. The zero-order valence-electron chi connectivity index (χ0n) is 15.6. The fourth-order valence-electron chi connectivity index (χ4n) is 2.69. The van der Waals surface area contributed by atoms with Gasteiger partial charge in [-0.3, -0.25) is 14.4 Å². The van der Waals surface area contributed by atoms with Gasteiger partial charge in [0, 0.05) is 18.7 Å². The van der Waals surface area contributed by atoms with Crippen LogP contribution >= 0.6 is 23.2 Å². The Kier molecular flexibility index (Phi) is 6.15. The number of hydrogen-bond donors (Lipinski definition) is 3. The van der Waals surface area contributed by atoms with Gasteiger partial charge in [-0.05, 0) is 24.6 Å². The first-order valence-electron chi connectivity index (χ1n) is 8.65. The summed E-state index contributed by atoms with van der Waals surface area (Å²) >= 11 is 11.6. The van der Waals surface area contributed by atoms with Crippen LogP contribution in [0.2, 0.25) is 0 Å². The number of rotatable bonds is 5. The van der Waals surface area contributed by atoms with Crippen LogP contribution < -0.4 is 16.0 Å². The van der Waals surface area contributed by atoms with Crippen LogP contribution in [0, 0.1) is 29.2 Å². The van der Waals surface area contributed by atoms with Crippen LogP contribution in [0.25, 0.3) is 0 Å². The molecule has 3 amide bonds. The van der Waals surface area contributed by atoms with E-state index in [1.165, 1.54) is 0 Å². The predicted octanol–water partition coefficient (Wildman–Crippen LogP) is 4.59. The molecule has 3 rings (SSSR count). The van der Waals surface area contributed by atoms with Crippen molar-refractivity contribution in [3.63, 3.8) is 0 Å². The maximum atomic E-state index is 14.5. The molecule has 0 aromatic heterocycles. The lowest BCUT2D eigenvalue weighted by Gasteiger charge is -2.13. The molecule has 0 radical (unpaired) electrons. The maximum Gasteiger partial charge on any atom is 0.258 e. The van der Waals surface area contributed by atoms with Crippen molar-refractivity contribution in [2.45, 2.75) is 17.7 Å². The van der Waals surface area contributed by atoms with Crippen molar-refractivity contribution in [1.29, 1.82) is 0 Å². The Bertz CT molecular complexity index is 1110. The minimum absolute atomic E-state index is 0.155. The van der Waals surface area contributed by atoms with Gasteiger partial charge in [0.2, 0.25) is 11.8 Å². The lowest BCUT2D eigenvalue weighted by Crippen LogP contribution is -2.20. The summed E-state index contributed by atoms with van der Waals surface area (Å²) in [7, 11) is 0. The van der Waals surface area contributed by atoms with Crippen LogP contribution in [0.15, 0.2) is 24.3 Å². The van der Waals surface area contributed by atoms with Crippen molar-refractivity contribution in [2.24, 2.45) is 5.92 Å². The molecule has 2 aromatic rings. The maximum absolute atomic E-state index is 14.5. The topological polar surface area (TPSA) is 87.3 Å². The first-order chi connectivity index (χ1) is 14.4. The van der Waals surface area contributed by atoms with E-state index in [4.69, 9.17) is 23.2 Å². The van der Waals surface area contributed by atoms with Gasteiger partial charge in [-0.25, -0.2) is 17.6 Å². The molecule has 0 bridgehead atoms. The fraction of sp³-hybridized carbons (Fsp3) is 0.211. The SMILES string of the molecule is CC(=O)Nc1ccc(F)c(NC(=O)c2cc(NC(=O)[C@H]3CC3(Cl)Cl)cc(F)c2F)c1F. The average Bonchev–Trinajstić information content (AvgIpc) is 3.32. The van der Waals surface area contributed by atoms with Gasteiger partial charge in [0.1, 0.15) is 15.8 Å². The van der Waals surface area contributed by atoms with Gasteiger partial charge in [-0.1, -0.05) is 0 Å². The van der Waals surface area contributed by atoms with Crippen molar-refractivity contribution in [3.8, 4) is 0 Å². The van der Waals surface area contributed by atoms with E-state index in [-0.39, 0.29) is 12.1 Å². The Morgan fingerprint density at radius 1 is 0.968 bits per heavy atom. The van der Waals surface area contributed by atoms with Crippen molar-refractivity contribution >= 4 is 58.0 Å². The van der Waals surface area contributed by atoms with Gasteiger partial charge in [0.25, 0.3) is 5.91 Å². The summed E-state index contributed by atoms with van der Waals surface area (Å²) in [6.45, 7) is 1.08. The minimum Gasteiger partial charge on any atom is -0.326 e. The van der Waals surface area contributed by atoms with Crippen molar-refractivity contribution < 1.29 is 31.9 Å². The van der Waals surface area contributed by atoms with E-state index >= 15 is 0 Å². The van der Waals surface area contributed by atoms with E-state index < -0.39 is 68.2 Å². The van der Waals surface area contributed by atoms with Crippen molar-refractivity contribution in [3.05, 3.63) is 53.1 Å². The standard InChI is InChI=1S/C19H13Cl2F4N3O3/c1-7(29)26-13-3-2-11(22)16(15(13)25)28-17(30)9-4-8(5-12(23)14(9)24)27-18(31)10-6-19(10,20)21/h2-5,10H,6H2,1H3,(H,26,29)(H,27,31)(H,28,30)/t10-/m1/s1. The molecule has 0 aliphatic heterocycles. The highest BCUT2D eigenvalue weighted by Gasteiger charge is 2.56. The number of hydrogen-bond acceptors (Lipinski definition) is 3. The summed E-state index contributed by atoms with van der Waals surface area (Å²) < 4.78 is 55.4. The number of carbonyl (C=O) groups is 3. The lowest BCUT2D eigenvalue weighted by molar-refractivity contribution is -0.117. The van der Waals surface area contributed by atoms with Gasteiger partial charge in [0.15, 0.2) is 17.5 Å². The largest absolute Gasteiger partial charge is 0.326 e. The fourth-order valence-corrected chi connectivity index (χ4v) is 3.19. The summed E-state index contributed by atoms with van der Waals surface area (Å²) in [6, 6.07) is 3.09. The van der Waals surface area contributed by atoms with E-state index in [1.807, 2.05) is 0 Å². The molecule has 0 spiro atoms. The summed E-state index contributed by atoms with van der Waals surface area (Å²) in [4.78, 5) is 35.6. The quantitative estimate of drug-likeness (QED) is 0.434. The third kappa shape index (κ3) is 4.91. The highest BCUT2D eigenvalue weighted by atomic mass is 35.5. The van der Waals surface area contributed by atoms with Crippen LogP contribution in [0.1, 0.15) is 23.7 Å². The molecule has 0 saturated heterocycles. The molecular weight excluding hydrogens is 465 g/mol. The number of nitrogens with one attached hydrogen (secondary N) is 3.